The Morgan fingerprint density at radius 3 is 3.00 bits per heavy atom. The smallest absolute Gasteiger partial charge is 0.138 e. The van der Waals surface area contributed by atoms with Crippen molar-refractivity contribution >= 4 is 5.78 Å². The summed E-state index contributed by atoms with van der Waals surface area (Å²) in [5, 5.41) is 3.16. The van der Waals surface area contributed by atoms with Gasteiger partial charge in [0.1, 0.15) is 17.3 Å². The van der Waals surface area contributed by atoms with Gasteiger partial charge in [-0.2, -0.15) is 0 Å². The summed E-state index contributed by atoms with van der Waals surface area (Å²) in [5.74, 6) is 0.313. The summed E-state index contributed by atoms with van der Waals surface area (Å²) in [4.78, 5) is 11.6. The van der Waals surface area contributed by atoms with Crippen molar-refractivity contribution in [2.45, 2.75) is 12.8 Å². The van der Waals surface area contributed by atoms with Gasteiger partial charge in [-0.3, -0.25) is 4.79 Å². The number of Topliss-reactive ketones (excluding diaryl/α,β-unsaturated/α-hetero) is 1. The molecule has 1 aromatic carbocycles. The number of rotatable bonds is 3. The Kier molecular flexibility index (Phi) is 3.74. The summed E-state index contributed by atoms with van der Waals surface area (Å²) in [6, 6.07) is 4.77. The van der Waals surface area contributed by atoms with Crippen molar-refractivity contribution in [2.75, 3.05) is 20.2 Å². The molecule has 1 heterocycles. The van der Waals surface area contributed by atoms with Crippen LogP contribution in [0.3, 0.4) is 0 Å². The zero-order valence-electron chi connectivity index (χ0n) is 9.83. The highest BCUT2D eigenvalue weighted by Gasteiger charge is 2.23. The summed E-state index contributed by atoms with van der Waals surface area (Å²) in [6.45, 7) is 1.38. The molecule has 0 amide bonds. The van der Waals surface area contributed by atoms with E-state index >= 15 is 0 Å². The molecule has 3 nitrogen and oxygen atoms in total. The molecule has 1 N–H and O–H groups in total. The van der Waals surface area contributed by atoms with Gasteiger partial charge in [0.25, 0.3) is 0 Å². The number of hydrogen-bond acceptors (Lipinski definition) is 3. The average molecular weight is 237 g/mol. The van der Waals surface area contributed by atoms with Crippen molar-refractivity contribution in [1.82, 2.24) is 5.32 Å². The van der Waals surface area contributed by atoms with E-state index in [1.807, 2.05) is 0 Å². The quantitative estimate of drug-likeness (QED) is 0.867. The van der Waals surface area contributed by atoms with Gasteiger partial charge >= 0.3 is 0 Å². The lowest BCUT2D eigenvalue weighted by Gasteiger charge is -2.21. The van der Waals surface area contributed by atoms with Gasteiger partial charge < -0.3 is 10.1 Å². The molecule has 1 aliphatic heterocycles. The maximum Gasteiger partial charge on any atom is 0.138 e. The predicted octanol–water partition coefficient (Wildman–Crippen LogP) is 1.56. The van der Waals surface area contributed by atoms with Crippen LogP contribution in [0.2, 0.25) is 0 Å². The van der Waals surface area contributed by atoms with E-state index < -0.39 is 0 Å². The fourth-order valence-electron chi connectivity index (χ4n) is 2.08. The van der Waals surface area contributed by atoms with Crippen LogP contribution in [0.15, 0.2) is 18.2 Å². The molecule has 2 rings (SSSR count). The third-order valence-electron chi connectivity index (χ3n) is 3.12. The first-order valence-corrected chi connectivity index (χ1v) is 5.76. The van der Waals surface area contributed by atoms with Crippen LogP contribution in [0.1, 0.15) is 12.0 Å². The second-order valence-electron chi connectivity index (χ2n) is 4.28. The molecule has 0 spiro atoms. The molecular weight excluding hydrogens is 221 g/mol. The van der Waals surface area contributed by atoms with Gasteiger partial charge in [-0.1, -0.05) is 6.07 Å². The molecule has 4 heteroatoms. The third-order valence-corrected chi connectivity index (χ3v) is 3.12. The molecule has 92 valence electrons. The van der Waals surface area contributed by atoms with Gasteiger partial charge in [-0.25, -0.2) is 4.39 Å². The van der Waals surface area contributed by atoms with Crippen LogP contribution in [-0.4, -0.2) is 26.0 Å². The van der Waals surface area contributed by atoms with Crippen LogP contribution < -0.4 is 10.1 Å². The number of benzene rings is 1. The monoisotopic (exact) mass is 237 g/mol. The largest absolute Gasteiger partial charge is 0.497 e. The number of nitrogens with one attached hydrogen (secondary N) is 1. The van der Waals surface area contributed by atoms with Gasteiger partial charge in [-0.15, -0.1) is 0 Å². The molecule has 1 aromatic rings. The summed E-state index contributed by atoms with van der Waals surface area (Å²) in [5.41, 5.74) is 0.577. The molecule has 17 heavy (non-hydrogen) atoms. The molecule has 0 saturated carbocycles. The zero-order valence-corrected chi connectivity index (χ0v) is 9.83. The molecule has 1 fully saturated rings. The van der Waals surface area contributed by atoms with E-state index in [-0.39, 0.29) is 17.5 Å². The second-order valence-corrected chi connectivity index (χ2v) is 4.28. The summed E-state index contributed by atoms with van der Waals surface area (Å²) in [7, 11) is 1.50. The highest BCUT2D eigenvalue weighted by Crippen LogP contribution is 2.20. The Labute approximate surface area is 100.0 Å². The Morgan fingerprint density at radius 2 is 2.35 bits per heavy atom. The van der Waals surface area contributed by atoms with Crippen molar-refractivity contribution < 1.29 is 13.9 Å². The maximum atomic E-state index is 13.7. The molecule has 1 atom stereocenters. The molecule has 1 saturated heterocycles. The summed E-state index contributed by atoms with van der Waals surface area (Å²) in [6.07, 6.45) is 1.00. The fraction of sp³-hybridized carbons (Fsp3) is 0.462. The molecular formula is C13H16FNO2. The summed E-state index contributed by atoms with van der Waals surface area (Å²) < 4.78 is 18.6. The van der Waals surface area contributed by atoms with Crippen molar-refractivity contribution in [1.29, 1.82) is 0 Å². The number of halogens is 1. The van der Waals surface area contributed by atoms with Gasteiger partial charge in [0, 0.05) is 31.5 Å². The lowest BCUT2D eigenvalue weighted by Crippen LogP contribution is -2.38. The van der Waals surface area contributed by atoms with Crippen LogP contribution >= 0.6 is 0 Å². The molecule has 1 unspecified atom stereocenters. The third kappa shape index (κ3) is 2.82. The van der Waals surface area contributed by atoms with Gasteiger partial charge in [0.05, 0.1) is 7.11 Å². The highest BCUT2D eigenvalue weighted by molar-refractivity contribution is 5.82. The molecule has 1 aliphatic rings. The van der Waals surface area contributed by atoms with Crippen molar-refractivity contribution in [3.8, 4) is 5.75 Å². The molecule has 0 aromatic heterocycles. The van der Waals surface area contributed by atoms with Crippen molar-refractivity contribution in [3.05, 3.63) is 29.6 Å². The molecule has 0 bridgehead atoms. The van der Waals surface area contributed by atoms with E-state index in [2.05, 4.69) is 5.32 Å². The van der Waals surface area contributed by atoms with E-state index in [1.165, 1.54) is 13.2 Å². The van der Waals surface area contributed by atoms with Crippen LogP contribution in [0.5, 0.6) is 5.75 Å². The van der Waals surface area contributed by atoms with Crippen LogP contribution in [0, 0.1) is 11.7 Å². The van der Waals surface area contributed by atoms with Crippen LogP contribution in [0.4, 0.5) is 4.39 Å². The van der Waals surface area contributed by atoms with Gasteiger partial charge in [0.2, 0.25) is 0 Å². The number of methoxy groups -OCH3 is 1. The first-order chi connectivity index (χ1) is 8.20. The Bertz CT molecular complexity index is 420. The van der Waals surface area contributed by atoms with Crippen molar-refractivity contribution in [2.24, 2.45) is 5.92 Å². The first kappa shape index (κ1) is 12.0. The predicted molar refractivity (Wildman–Crippen MR) is 62.6 cm³/mol. The minimum Gasteiger partial charge on any atom is -0.497 e. The minimum atomic E-state index is -0.303. The maximum absolute atomic E-state index is 13.7. The molecule has 0 aliphatic carbocycles. The minimum absolute atomic E-state index is 0.105. The molecule has 0 radical (unpaired) electrons. The van der Waals surface area contributed by atoms with E-state index in [9.17, 15) is 9.18 Å². The van der Waals surface area contributed by atoms with E-state index in [4.69, 9.17) is 4.74 Å². The van der Waals surface area contributed by atoms with Gasteiger partial charge in [-0.05, 0) is 18.1 Å². The van der Waals surface area contributed by atoms with Crippen molar-refractivity contribution in [3.63, 3.8) is 0 Å². The number of carbonyl (C=O) groups excluding carboxylic acids is 1. The highest BCUT2D eigenvalue weighted by atomic mass is 19.1. The number of hydrogen-bond donors (Lipinski definition) is 1. The Balaban J connectivity index is 2.10. The fourth-order valence-corrected chi connectivity index (χ4v) is 2.08. The number of piperidine rings is 1. The lowest BCUT2D eigenvalue weighted by molar-refractivity contribution is -0.123. The lowest BCUT2D eigenvalue weighted by atomic mass is 9.91. The number of carbonyl (C=O) groups is 1. The zero-order chi connectivity index (χ0) is 12.3. The number of ether oxygens (including phenoxy) is 1. The number of ketones is 1. The standard InChI is InChI=1S/C13H16FNO2/c1-17-11-3-2-9(12(14)7-11)6-10-8-15-5-4-13(10)16/h2-3,7,10,15H,4-6,8H2,1H3. The Morgan fingerprint density at radius 1 is 1.53 bits per heavy atom. The second kappa shape index (κ2) is 5.27. The average Bonchev–Trinajstić information content (AvgIpc) is 2.34. The SMILES string of the molecule is COc1ccc(CC2CNCCC2=O)c(F)c1. The van der Waals surface area contributed by atoms with Crippen LogP contribution in [0.25, 0.3) is 0 Å². The van der Waals surface area contributed by atoms with E-state index in [0.717, 1.165) is 6.54 Å². The van der Waals surface area contributed by atoms with Gasteiger partial charge in [0.15, 0.2) is 0 Å². The first-order valence-electron chi connectivity index (χ1n) is 5.76. The normalized spacial score (nSPS) is 20.4. The van der Waals surface area contributed by atoms with E-state index in [1.54, 1.807) is 12.1 Å². The topological polar surface area (TPSA) is 38.3 Å². The summed E-state index contributed by atoms with van der Waals surface area (Å²) >= 11 is 0. The Hall–Kier alpha value is -1.42. The van der Waals surface area contributed by atoms with Crippen LogP contribution in [-0.2, 0) is 11.2 Å². The van der Waals surface area contributed by atoms with E-state index in [0.29, 0.717) is 30.7 Å².